The quantitative estimate of drug-likeness (QED) is 0.296. The lowest BCUT2D eigenvalue weighted by molar-refractivity contribution is 0.0322. The van der Waals surface area contributed by atoms with Crippen LogP contribution < -0.4 is 10.1 Å². The normalized spacial score (nSPS) is 17.6. The molecular weight excluding hydrogens is 590 g/mol. The highest BCUT2D eigenvalue weighted by molar-refractivity contribution is 7.91. The number of aryl methyl sites for hydroxylation is 2. The number of halogens is 2. The number of hydrogen-bond acceptors (Lipinski definition) is 9. The lowest BCUT2D eigenvalue weighted by Crippen LogP contribution is -2.40. The molecule has 2 aromatic carbocycles. The summed E-state index contributed by atoms with van der Waals surface area (Å²) in [5.41, 5.74) is 3.46. The molecule has 4 aromatic rings. The number of rotatable bonds is 9. The van der Waals surface area contributed by atoms with Crippen molar-refractivity contribution >= 4 is 32.5 Å². The van der Waals surface area contributed by atoms with E-state index in [4.69, 9.17) is 9.47 Å². The van der Waals surface area contributed by atoms with Crippen LogP contribution in [0.3, 0.4) is 0 Å². The molecular formula is C31H36F2N6O4S. The predicted octanol–water partition coefficient (Wildman–Crippen LogP) is 4.00. The van der Waals surface area contributed by atoms with E-state index in [2.05, 4.69) is 20.2 Å². The minimum atomic E-state index is -3.08. The number of ether oxygens (including phenoxy) is 2. The molecule has 2 aromatic heterocycles. The number of morpholine rings is 1. The highest BCUT2D eigenvalue weighted by Gasteiger charge is 2.24. The molecule has 234 valence electrons. The van der Waals surface area contributed by atoms with E-state index in [0.717, 1.165) is 55.4 Å². The molecule has 13 heteroatoms. The van der Waals surface area contributed by atoms with Gasteiger partial charge >= 0.3 is 0 Å². The SMILES string of the molecule is Cc1cc(Nc2ncc3ccn(-c4cc(F)c(CN5CCS(=O)(=O)CC5)c(F)c4)c3n2)cc(C)c1OCCN1CCOCC1. The van der Waals surface area contributed by atoms with Crippen LogP contribution in [0.2, 0.25) is 0 Å². The molecule has 0 unspecified atom stereocenters. The molecule has 0 radical (unpaired) electrons. The third-order valence-corrected chi connectivity index (χ3v) is 9.73. The number of nitrogens with one attached hydrogen (secondary N) is 1. The Morgan fingerprint density at radius 2 is 1.66 bits per heavy atom. The largest absolute Gasteiger partial charge is 0.492 e. The smallest absolute Gasteiger partial charge is 0.229 e. The van der Waals surface area contributed by atoms with Crippen molar-refractivity contribution in [2.45, 2.75) is 20.4 Å². The number of hydrogen-bond donors (Lipinski definition) is 1. The first kappa shape index (κ1) is 30.4. The highest BCUT2D eigenvalue weighted by Crippen LogP contribution is 2.29. The van der Waals surface area contributed by atoms with Gasteiger partial charge in [-0.15, -0.1) is 0 Å². The second-order valence-electron chi connectivity index (χ2n) is 11.3. The maximum absolute atomic E-state index is 15.2. The zero-order valence-corrected chi connectivity index (χ0v) is 25.7. The van der Waals surface area contributed by atoms with E-state index in [1.165, 1.54) is 12.1 Å². The van der Waals surface area contributed by atoms with Crippen molar-refractivity contribution in [2.24, 2.45) is 0 Å². The van der Waals surface area contributed by atoms with Crippen LogP contribution >= 0.6 is 0 Å². The van der Waals surface area contributed by atoms with Crippen molar-refractivity contribution in [1.82, 2.24) is 24.3 Å². The van der Waals surface area contributed by atoms with Crippen LogP contribution in [-0.4, -0.2) is 96.8 Å². The Balaban J connectivity index is 1.17. The summed E-state index contributed by atoms with van der Waals surface area (Å²) < 4.78 is 67.0. The lowest BCUT2D eigenvalue weighted by atomic mass is 10.1. The molecule has 1 N–H and O–H groups in total. The topological polar surface area (TPSA) is 102 Å². The van der Waals surface area contributed by atoms with Gasteiger partial charge in [0.2, 0.25) is 5.95 Å². The van der Waals surface area contributed by atoms with Crippen LogP contribution in [-0.2, 0) is 21.1 Å². The van der Waals surface area contributed by atoms with E-state index in [0.29, 0.717) is 23.6 Å². The van der Waals surface area contributed by atoms with Gasteiger partial charge in [-0.3, -0.25) is 9.80 Å². The third-order valence-electron chi connectivity index (χ3n) is 8.12. The third kappa shape index (κ3) is 6.85. The first-order chi connectivity index (χ1) is 21.1. The van der Waals surface area contributed by atoms with Crippen LogP contribution in [0.1, 0.15) is 16.7 Å². The highest BCUT2D eigenvalue weighted by atomic mass is 32.2. The summed E-state index contributed by atoms with van der Waals surface area (Å²) in [6.45, 7) is 9.29. The van der Waals surface area contributed by atoms with Crippen molar-refractivity contribution in [1.29, 1.82) is 0 Å². The summed E-state index contributed by atoms with van der Waals surface area (Å²) in [6, 6.07) is 8.29. The number of anilines is 2. The average Bonchev–Trinajstić information content (AvgIpc) is 3.41. The van der Waals surface area contributed by atoms with Gasteiger partial charge in [-0.2, -0.15) is 4.98 Å². The molecule has 0 aliphatic carbocycles. The number of benzene rings is 2. The van der Waals surface area contributed by atoms with E-state index in [-0.39, 0.29) is 42.4 Å². The van der Waals surface area contributed by atoms with Crippen molar-refractivity contribution in [3.63, 3.8) is 0 Å². The molecule has 0 atom stereocenters. The van der Waals surface area contributed by atoms with Crippen molar-refractivity contribution < 1.29 is 26.7 Å². The van der Waals surface area contributed by atoms with Crippen LogP contribution in [0.25, 0.3) is 16.7 Å². The Kier molecular flexibility index (Phi) is 8.81. The van der Waals surface area contributed by atoms with E-state index in [1.54, 1.807) is 27.9 Å². The summed E-state index contributed by atoms with van der Waals surface area (Å²) in [5.74, 6) is -0.207. The Morgan fingerprint density at radius 3 is 2.34 bits per heavy atom. The minimum absolute atomic E-state index is 0.00661. The Bertz CT molecular complexity index is 1710. The molecule has 10 nitrogen and oxygen atoms in total. The second kappa shape index (κ2) is 12.8. The van der Waals surface area contributed by atoms with Crippen LogP contribution in [0.5, 0.6) is 5.75 Å². The van der Waals surface area contributed by atoms with Crippen molar-refractivity contribution in [3.8, 4) is 11.4 Å². The summed E-state index contributed by atoms with van der Waals surface area (Å²) >= 11 is 0. The molecule has 2 aliphatic rings. The summed E-state index contributed by atoms with van der Waals surface area (Å²) in [4.78, 5) is 13.2. The van der Waals surface area contributed by atoms with Gasteiger partial charge in [0, 0.05) is 68.3 Å². The Morgan fingerprint density at radius 1 is 0.977 bits per heavy atom. The number of nitrogens with zero attached hydrogens (tertiary/aromatic N) is 5. The van der Waals surface area contributed by atoms with E-state index in [9.17, 15) is 8.42 Å². The molecule has 0 saturated carbocycles. The van der Waals surface area contributed by atoms with E-state index in [1.807, 2.05) is 26.0 Å². The monoisotopic (exact) mass is 626 g/mol. The van der Waals surface area contributed by atoms with Gasteiger partial charge in [0.1, 0.15) is 29.6 Å². The molecule has 2 fully saturated rings. The van der Waals surface area contributed by atoms with Gasteiger partial charge in [0.25, 0.3) is 0 Å². The number of fused-ring (bicyclic) bond motifs is 1. The van der Waals surface area contributed by atoms with E-state index < -0.39 is 21.5 Å². The second-order valence-corrected chi connectivity index (χ2v) is 13.6. The molecule has 0 amide bonds. The van der Waals surface area contributed by atoms with Gasteiger partial charge in [-0.1, -0.05) is 0 Å². The zero-order chi connectivity index (χ0) is 30.8. The summed E-state index contributed by atoms with van der Waals surface area (Å²) in [6.07, 6.45) is 3.36. The average molecular weight is 627 g/mol. The fourth-order valence-electron chi connectivity index (χ4n) is 5.68. The van der Waals surface area contributed by atoms with Crippen molar-refractivity contribution in [2.75, 3.05) is 69.4 Å². The standard InChI is InChI=1S/C31H36F2N6O4S/c1-21-15-24(16-22(2)29(21)43-12-7-37-5-10-42-11-6-37)35-31-34-19-23-3-4-39(30(23)36-31)25-17-27(32)26(28(33)18-25)20-38-8-13-44(40,41)14-9-38/h3-4,15-19H,5-14,20H2,1-2H3,(H,34,35,36). The fraction of sp³-hybridized carbons (Fsp3) is 0.419. The first-order valence-corrected chi connectivity index (χ1v) is 16.5. The van der Waals surface area contributed by atoms with Gasteiger partial charge in [-0.05, 0) is 55.3 Å². The van der Waals surface area contributed by atoms with Crippen LogP contribution in [0.4, 0.5) is 20.4 Å². The van der Waals surface area contributed by atoms with Gasteiger partial charge in [0.15, 0.2) is 9.84 Å². The van der Waals surface area contributed by atoms with Gasteiger partial charge in [0.05, 0.1) is 30.4 Å². The molecule has 0 bridgehead atoms. The first-order valence-electron chi connectivity index (χ1n) is 14.7. The molecule has 2 saturated heterocycles. The lowest BCUT2D eigenvalue weighted by Gasteiger charge is -2.26. The van der Waals surface area contributed by atoms with E-state index >= 15 is 8.78 Å². The maximum Gasteiger partial charge on any atom is 0.229 e. The van der Waals surface area contributed by atoms with Crippen LogP contribution in [0, 0.1) is 25.5 Å². The molecule has 0 spiro atoms. The maximum atomic E-state index is 15.2. The Labute approximate surface area is 255 Å². The van der Waals surface area contributed by atoms with Gasteiger partial charge < -0.3 is 19.4 Å². The van der Waals surface area contributed by atoms with Crippen molar-refractivity contribution in [3.05, 3.63) is 71.1 Å². The fourth-order valence-corrected chi connectivity index (χ4v) is 6.96. The number of sulfone groups is 1. The van der Waals surface area contributed by atoms with Crippen LogP contribution in [0.15, 0.2) is 42.7 Å². The molecule has 4 heterocycles. The molecule has 44 heavy (non-hydrogen) atoms. The molecule has 2 aliphatic heterocycles. The minimum Gasteiger partial charge on any atom is -0.492 e. The Hall–Kier alpha value is -3.65. The summed E-state index contributed by atoms with van der Waals surface area (Å²) in [7, 11) is -3.08. The predicted molar refractivity (Wildman–Crippen MR) is 165 cm³/mol. The zero-order valence-electron chi connectivity index (χ0n) is 24.9. The summed E-state index contributed by atoms with van der Waals surface area (Å²) in [5, 5.41) is 3.97. The molecule has 6 rings (SSSR count). The van der Waals surface area contributed by atoms with Gasteiger partial charge in [-0.25, -0.2) is 22.2 Å². The number of aromatic nitrogens is 3.